The summed E-state index contributed by atoms with van der Waals surface area (Å²) < 4.78 is 0. The van der Waals surface area contributed by atoms with Crippen molar-refractivity contribution in [2.24, 2.45) is 4.99 Å². The van der Waals surface area contributed by atoms with E-state index >= 15 is 0 Å². The number of carbonyl (C=O) groups is 1. The zero-order valence-corrected chi connectivity index (χ0v) is 17.8. The highest BCUT2D eigenvalue weighted by molar-refractivity contribution is 7.14. The molecule has 7 heteroatoms. The maximum absolute atomic E-state index is 11.8. The van der Waals surface area contributed by atoms with Crippen LogP contribution in [0.5, 0.6) is 0 Å². The van der Waals surface area contributed by atoms with Crippen LogP contribution in [-0.4, -0.2) is 61.4 Å². The number of likely N-dealkylation sites (tertiary alicyclic amines) is 1. The first-order chi connectivity index (χ1) is 14.2. The van der Waals surface area contributed by atoms with Gasteiger partial charge in [0.25, 0.3) is 0 Å². The SMILES string of the molecule is CN=C(NCc1ccc(CN2CCCC2=O)cc1)N1CCN(c2cccs2)CC1. The van der Waals surface area contributed by atoms with E-state index in [1.807, 2.05) is 11.9 Å². The highest BCUT2D eigenvalue weighted by atomic mass is 32.1. The van der Waals surface area contributed by atoms with Crippen molar-refractivity contribution in [3.8, 4) is 0 Å². The van der Waals surface area contributed by atoms with E-state index in [4.69, 9.17) is 0 Å². The van der Waals surface area contributed by atoms with E-state index in [9.17, 15) is 4.79 Å². The number of nitrogens with one attached hydrogen (secondary N) is 1. The second-order valence-electron chi connectivity index (χ2n) is 7.56. The fourth-order valence-corrected chi connectivity index (χ4v) is 4.74. The molecule has 2 aromatic rings. The van der Waals surface area contributed by atoms with Gasteiger partial charge >= 0.3 is 0 Å². The third kappa shape index (κ3) is 4.90. The Morgan fingerprint density at radius 2 is 1.83 bits per heavy atom. The summed E-state index contributed by atoms with van der Waals surface area (Å²) in [5.74, 6) is 1.24. The number of piperazine rings is 1. The van der Waals surface area contributed by atoms with E-state index in [1.54, 1.807) is 11.3 Å². The van der Waals surface area contributed by atoms with Crippen LogP contribution in [0.1, 0.15) is 24.0 Å². The van der Waals surface area contributed by atoms with Crippen LogP contribution in [0.4, 0.5) is 5.00 Å². The lowest BCUT2D eigenvalue weighted by molar-refractivity contribution is -0.128. The Hall–Kier alpha value is -2.54. The molecule has 1 aromatic heterocycles. The van der Waals surface area contributed by atoms with Crippen molar-refractivity contribution in [1.82, 2.24) is 15.1 Å². The van der Waals surface area contributed by atoms with Crippen LogP contribution in [0.15, 0.2) is 46.8 Å². The third-order valence-corrected chi connectivity index (χ3v) is 6.56. The fourth-order valence-electron chi connectivity index (χ4n) is 3.96. The number of carbonyl (C=O) groups excluding carboxylic acids is 1. The Bertz CT molecular complexity index is 825. The second kappa shape index (κ2) is 9.31. The first-order valence-electron chi connectivity index (χ1n) is 10.3. The molecule has 3 heterocycles. The van der Waals surface area contributed by atoms with Crippen molar-refractivity contribution in [3.05, 3.63) is 52.9 Å². The van der Waals surface area contributed by atoms with Crippen LogP contribution >= 0.6 is 11.3 Å². The predicted octanol–water partition coefficient (Wildman–Crippen LogP) is 2.77. The van der Waals surface area contributed by atoms with Crippen LogP contribution < -0.4 is 10.2 Å². The molecule has 0 atom stereocenters. The molecular weight excluding hydrogens is 382 g/mol. The van der Waals surface area contributed by atoms with Gasteiger partial charge in [0, 0.05) is 59.3 Å². The molecule has 2 aliphatic rings. The Morgan fingerprint density at radius 3 is 2.45 bits per heavy atom. The molecule has 0 bridgehead atoms. The van der Waals surface area contributed by atoms with Gasteiger partial charge in [0.15, 0.2) is 5.96 Å². The fraction of sp³-hybridized carbons (Fsp3) is 0.455. The summed E-state index contributed by atoms with van der Waals surface area (Å²) in [6.45, 7) is 6.35. The summed E-state index contributed by atoms with van der Waals surface area (Å²) in [6, 6.07) is 12.9. The molecule has 0 radical (unpaired) electrons. The number of benzene rings is 1. The van der Waals surface area contributed by atoms with Gasteiger partial charge in [-0.1, -0.05) is 24.3 Å². The average molecular weight is 412 g/mol. The van der Waals surface area contributed by atoms with Crippen molar-refractivity contribution in [1.29, 1.82) is 0 Å². The maximum atomic E-state index is 11.8. The molecule has 0 unspecified atom stereocenters. The Morgan fingerprint density at radius 1 is 1.07 bits per heavy atom. The summed E-state index contributed by atoms with van der Waals surface area (Å²) >= 11 is 1.80. The van der Waals surface area contributed by atoms with E-state index < -0.39 is 0 Å². The third-order valence-electron chi connectivity index (χ3n) is 5.63. The second-order valence-corrected chi connectivity index (χ2v) is 8.49. The summed E-state index contributed by atoms with van der Waals surface area (Å²) in [4.78, 5) is 23.0. The summed E-state index contributed by atoms with van der Waals surface area (Å²) in [7, 11) is 1.85. The van der Waals surface area contributed by atoms with Crippen molar-refractivity contribution < 1.29 is 4.79 Å². The highest BCUT2D eigenvalue weighted by Gasteiger charge is 2.21. The van der Waals surface area contributed by atoms with Crippen LogP contribution in [-0.2, 0) is 17.9 Å². The molecule has 6 nitrogen and oxygen atoms in total. The molecule has 2 aliphatic heterocycles. The molecule has 2 fully saturated rings. The van der Waals surface area contributed by atoms with Crippen LogP contribution in [0.2, 0.25) is 0 Å². The molecule has 1 aromatic carbocycles. The average Bonchev–Trinajstić information content (AvgIpc) is 3.43. The van der Waals surface area contributed by atoms with Crippen LogP contribution in [0, 0.1) is 0 Å². The minimum absolute atomic E-state index is 0.277. The molecule has 0 spiro atoms. The number of hydrogen-bond donors (Lipinski definition) is 1. The van der Waals surface area contributed by atoms with Gasteiger partial charge in [-0.3, -0.25) is 9.79 Å². The summed E-state index contributed by atoms with van der Waals surface area (Å²) in [5, 5.41) is 6.99. The number of hydrogen-bond acceptors (Lipinski definition) is 4. The standard InChI is InChI=1S/C22H29N5OS/c1-23-22(26-13-11-25(12-14-26)21-5-3-15-29-21)24-16-18-6-8-19(9-7-18)17-27-10-2-4-20(27)28/h3,5-9,15H,2,4,10-14,16-17H2,1H3,(H,23,24). The molecule has 29 heavy (non-hydrogen) atoms. The number of aliphatic imine (C=N–C) groups is 1. The van der Waals surface area contributed by atoms with Gasteiger partial charge < -0.3 is 20.0 Å². The largest absolute Gasteiger partial charge is 0.360 e. The van der Waals surface area contributed by atoms with E-state index in [2.05, 4.69) is 61.9 Å². The lowest BCUT2D eigenvalue weighted by Gasteiger charge is -2.37. The van der Waals surface area contributed by atoms with Crippen molar-refractivity contribution in [2.75, 3.05) is 44.7 Å². The monoisotopic (exact) mass is 411 g/mol. The van der Waals surface area contributed by atoms with E-state index in [0.717, 1.165) is 58.2 Å². The minimum atomic E-state index is 0.277. The molecule has 0 saturated carbocycles. The summed E-state index contributed by atoms with van der Waals surface area (Å²) in [6.07, 6.45) is 1.68. The first kappa shape index (κ1) is 19.8. The number of anilines is 1. The highest BCUT2D eigenvalue weighted by Crippen LogP contribution is 2.22. The molecular formula is C22H29N5OS. The number of nitrogens with zero attached hydrogens (tertiary/aromatic N) is 4. The van der Waals surface area contributed by atoms with E-state index in [1.165, 1.54) is 16.1 Å². The topological polar surface area (TPSA) is 51.2 Å². The van der Waals surface area contributed by atoms with Crippen molar-refractivity contribution in [2.45, 2.75) is 25.9 Å². The molecule has 1 amide bonds. The van der Waals surface area contributed by atoms with E-state index in [-0.39, 0.29) is 5.91 Å². The van der Waals surface area contributed by atoms with Gasteiger partial charge in [-0.15, -0.1) is 11.3 Å². The molecule has 0 aliphatic carbocycles. The smallest absolute Gasteiger partial charge is 0.222 e. The van der Waals surface area contributed by atoms with Crippen molar-refractivity contribution in [3.63, 3.8) is 0 Å². The number of amides is 1. The Kier molecular flexibility index (Phi) is 6.34. The zero-order valence-electron chi connectivity index (χ0n) is 17.0. The number of rotatable bonds is 5. The normalized spacial score (nSPS) is 17.9. The van der Waals surface area contributed by atoms with Gasteiger partial charge in [-0.05, 0) is 35.1 Å². The van der Waals surface area contributed by atoms with Crippen LogP contribution in [0.25, 0.3) is 0 Å². The van der Waals surface area contributed by atoms with E-state index in [0.29, 0.717) is 6.42 Å². The molecule has 4 rings (SSSR count). The van der Waals surface area contributed by atoms with Gasteiger partial charge in [0.2, 0.25) is 5.91 Å². The van der Waals surface area contributed by atoms with Gasteiger partial charge in [-0.2, -0.15) is 0 Å². The molecule has 2 saturated heterocycles. The molecule has 154 valence electrons. The predicted molar refractivity (Wildman–Crippen MR) is 119 cm³/mol. The lowest BCUT2D eigenvalue weighted by Crippen LogP contribution is -2.52. The minimum Gasteiger partial charge on any atom is -0.360 e. The Balaban J connectivity index is 1.26. The van der Waals surface area contributed by atoms with Gasteiger partial charge in [0.1, 0.15) is 0 Å². The first-order valence-corrected chi connectivity index (χ1v) is 11.2. The van der Waals surface area contributed by atoms with Gasteiger partial charge in [-0.25, -0.2) is 0 Å². The quantitative estimate of drug-likeness (QED) is 0.607. The Labute approximate surface area is 176 Å². The van der Waals surface area contributed by atoms with Gasteiger partial charge in [0.05, 0.1) is 5.00 Å². The number of guanidine groups is 1. The van der Waals surface area contributed by atoms with Crippen LogP contribution in [0.3, 0.4) is 0 Å². The lowest BCUT2D eigenvalue weighted by atomic mass is 10.1. The molecule has 1 N–H and O–H groups in total. The zero-order chi connectivity index (χ0) is 20.1. The summed E-state index contributed by atoms with van der Waals surface area (Å²) in [5.41, 5.74) is 2.41. The maximum Gasteiger partial charge on any atom is 0.222 e. The number of thiophene rings is 1. The van der Waals surface area contributed by atoms with Crippen molar-refractivity contribution >= 4 is 28.2 Å².